The second-order valence-electron chi connectivity index (χ2n) is 3.62. The van der Waals surface area contributed by atoms with Crippen LogP contribution in [0.5, 0.6) is 0 Å². The van der Waals surface area contributed by atoms with Crippen molar-refractivity contribution >= 4 is 21.4 Å². The molecule has 0 N–H and O–H groups in total. The quantitative estimate of drug-likeness (QED) is 0.786. The summed E-state index contributed by atoms with van der Waals surface area (Å²) in [6.07, 6.45) is 1.11. The predicted octanol–water partition coefficient (Wildman–Crippen LogP) is 2.81. The summed E-state index contributed by atoms with van der Waals surface area (Å²) in [5.41, 5.74) is 1.55. The van der Waals surface area contributed by atoms with E-state index in [1.54, 1.807) is 6.07 Å². The number of hydrogen-bond acceptors (Lipinski definition) is 3. The molecule has 0 saturated carbocycles. The van der Waals surface area contributed by atoms with Gasteiger partial charge in [-0.2, -0.15) is 0 Å². The molecule has 88 valence electrons. The molecule has 0 aliphatic rings. The minimum Gasteiger partial charge on any atom is -0.235 e. The van der Waals surface area contributed by atoms with Crippen molar-refractivity contribution in [2.45, 2.75) is 4.90 Å². The SMILES string of the molecule is CS(=O)(=O)c1ccc(-c2ccccc2)nc1Cl. The fraction of sp³-hybridized carbons (Fsp3) is 0.0833. The third-order valence-corrected chi connectivity index (χ3v) is 3.81. The molecule has 0 saturated heterocycles. The zero-order valence-electron chi connectivity index (χ0n) is 9.09. The summed E-state index contributed by atoms with van der Waals surface area (Å²) in [5, 5.41) is 0.00820. The number of halogens is 1. The van der Waals surface area contributed by atoms with Crippen LogP contribution in [0.2, 0.25) is 5.15 Å². The molecule has 0 amide bonds. The van der Waals surface area contributed by atoms with Gasteiger partial charge in [0.25, 0.3) is 0 Å². The molecule has 1 heterocycles. The van der Waals surface area contributed by atoms with Gasteiger partial charge < -0.3 is 0 Å². The number of pyridine rings is 1. The van der Waals surface area contributed by atoms with Crippen LogP contribution in [0.1, 0.15) is 0 Å². The van der Waals surface area contributed by atoms with E-state index in [9.17, 15) is 8.42 Å². The van der Waals surface area contributed by atoms with Crippen molar-refractivity contribution in [1.82, 2.24) is 4.98 Å². The Balaban J connectivity index is 2.53. The highest BCUT2D eigenvalue weighted by Crippen LogP contribution is 2.24. The van der Waals surface area contributed by atoms with Crippen molar-refractivity contribution in [1.29, 1.82) is 0 Å². The number of aromatic nitrogens is 1. The zero-order valence-corrected chi connectivity index (χ0v) is 10.7. The molecule has 2 aromatic rings. The van der Waals surface area contributed by atoms with Crippen molar-refractivity contribution < 1.29 is 8.42 Å². The van der Waals surface area contributed by atoms with E-state index in [0.29, 0.717) is 5.69 Å². The van der Waals surface area contributed by atoms with Crippen LogP contribution in [0, 0.1) is 0 Å². The first-order chi connectivity index (χ1) is 7.98. The zero-order chi connectivity index (χ0) is 12.5. The Morgan fingerprint density at radius 3 is 2.24 bits per heavy atom. The lowest BCUT2D eigenvalue weighted by molar-refractivity contribution is 0.601. The Labute approximate surface area is 105 Å². The van der Waals surface area contributed by atoms with Crippen LogP contribution in [0.4, 0.5) is 0 Å². The highest BCUT2D eigenvalue weighted by atomic mass is 35.5. The minimum absolute atomic E-state index is 0.00820. The van der Waals surface area contributed by atoms with Gasteiger partial charge in [0.1, 0.15) is 10.0 Å². The number of sulfone groups is 1. The topological polar surface area (TPSA) is 47.0 Å². The second-order valence-corrected chi connectivity index (χ2v) is 5.97. The van der Waals surface area contributed by atoms with Gasteiger partial charge in [0.15, 0.2) is 9.84 Å². The molecule has 0 bridgehead atoms. The van der Waals surface area contributed by atoms with E-state index in [0.717, 1.165) is 11.8 Å². The van der Waals surface area contributed by atoms with Crippen LogP contribution in [-0.2, 0) is 9.84 Å². The van der Waals surface area contributed by atoms with Crippen molar-refractivity contribution in [3.05, 3.63) is 47.6 Å². The smallest absolute Gasteiger partial charge is 0.178 e. The van der Waals surface area contributed by atoms with E-state index in [1.165, 1.54) is 6.07 Å². The van der Waals surface area contributed by atoms with Gasteiger partial charge >= 0.3 is 0 Å². The molecule has 2 rings (SSSR count). The summed E-state index contributed by atoms with van der Waals surface area (Å²) in [6, 6.07) is 12.6. The Morgan fingerprint density at radius 2 is 1.71 bits per heavy atom. The molecule has 0 radical (unpaired) electrons. The van der Waals surface area contributed by atoms with E-state index >= 15 is 0 Å². The Bertz CT molecular complexity index is 639. The summed E-state index contributed by atoms with van der Waals surface area (Å²) in [7, 11) is -3.33. The predicted molar refractivity (Wildman–Crippen MR) is 67.8 cm³/mol. The lowest BCUT2D eigenvalue weighted by atomic mass is 10.1. The monoisotopic (exact) mass is 267 g/mol. The van der Waals surface area contributed by atoms with Gasteiger partial charge in [0, 0.05) is 11.8 Å². The van der Waals surface area contributed by atoms with E-state index in [-0.39, 0.29) is 10.0 Å². The molecule has 0 aliphatic heterocycles. The van der Waals surface area contributed by atoms with Crippen molar-refractivity contribution in [3.8, 4) is 11.3 Å². The second kappa shape index (κ2) is 4.47. The van der Waals surface area contributed by atoms with Crippen LogP contribution >= 0.6 is 11.6 Å². The van der Waals surface area contributed by atoms with Crippen LogP contribution < -0.4 is 0 Å². The average molecular weight is 268 g/mol. The lowest BCUT2D eigenvalue weighted by Crippen LogP contribution is -2.00. The first-order valence-corrected chi connectivity index (χ1v) is 7.17. The Hall–Kier alpha value is -1.39. The molecule has 0 aliphatic carbocycles. The Kier molecular flexibility index (Phi) is 3.17. The summed E-state index contributed by atoms with van der Waals surface area (Å²) in [4.78, 5) is 4.15. The van der Waals surface area contributed by atoms with Crippen LogP contribution in [0.25, 0.3) is 11.3 Å². The fourth-order valence-corrected chi connectivity index (χ4v) is 2.71. The van der Waals surface area contributed by atoms with Crippen molar-refractivity contribution in [3.63, 3.8) is 0 Å². The van der Waals surface area contributed by atoms with E-state index in [4.69, 9.17) is 11.6 Å². The van der Waals surface area contributed by atoms with Crippen LogP contribution in [-0.4, -0.2) is 19.7 Å². The maximum Gasteiger partial charge on any atom is 0.178 e. The average Bonchev–Trinajstić information content (AvgIpc) is 2.28. The van der Waals surface area contributed by atoms with Gasteiger partial charge in [0.05, 0.1) is 5.69 Å². The maximum atomic E-state index is 11.4. The molecule has 0 atom stereocenters. The number of nitrogens with zero attached hydrogens (tertiary/aromatic N) is 1. The fourth-order valence-electron chi connectivity index (χ4n) is 1.47. The third kappa shape index (κ3) is 2.65. The molecule has 0 spiro atoms. The van der Waals surface area contributed by atoms with E-state index in [1.807, 2.05) is 30.3 Å². The number of rotatable bonds is 2. The first kappa shape index (κ1) is 12.1. The lowest BCUT2D eigenvalue weighted by Gasteiger charge is -2.04. The summed E-state index contributed by atoms with van der Waals surface area (Å²) in [5.74, 6) is 0. The summed E-state index contributed by atoms with van der Waals surface area (Å²) >= 11 is 5.87. The number of benzene rings is 1. The molecule has 1 aromatic carbocycles. The largest absolute Gasteiger partial charge is 0.235 e. The van der Waals surface area contributed by atoms with Gasteiger partial charge in [-0.3, -0.25) is 0 Å². The molecular weight excluding hydrogens is 258 g/mol. The van der Waals surface area contributed by atoms with Crippen LogP contribution in [0.3, 0.4) is 0 Å². The molecule has 5 heteroatoms. The molecule has 1 aromatic heterocycles. The Morgan fingerprint density at radius 1 is 1.06 bits per heavy atom. The third-order valence-electron chi connectivity index (χ3n) is 2.28. The van der Waals surface area contributed by atoms with Crippen LogP contribution in [0.15, 0.2) is 47.4 Å². The first-order valence-electron chi connectivity index (χ1n) is 4.90. The molecule has 0 fully saturated rings. The molecule has 17 heavy (non-hydrogen) atoms. The van der Waals surface area contributed by atoms with Gasteiger partial charge in [-0.25, -0.2) is 13.4 Å². The highest BCUT2D eigenvalue weighted by molar-refractivity contribution is 7.90. The van der Waals surface area contributed by atoms with E-state index in [2.05, 4.69) is 4.98 Å². The minimum atomic E-state index is -3.33. The normalized spacial score (nSPS) is 11.4. The highest BCUT2D eigenvalue weighted by Gasteiger charge is 2.14. The molecular formula is C12H10ClNO2S. The standard InChI is InChI=1S/C12H10ClNO2S/c1-17(15,16)11-8-7-10(14-12(11)13)9-5-3-2-4-6-9/h2-8H,1H3. The summed E-state index contributed by atoms with van der Waals surface area (Å²) in [6.45, 7) is 0. The maximum absolute atomic E-state index is 11.4. The molecule has 0 unspecified atom stereocenters. The van der Waals surface area contributed by atoms with E-state index < -0.39 is 9.84 Å². The van der Waals surface area contributed by atoms with Gasteiger partial charge in [-0.1, -0.05) is 41.9 Å². The van der Waals surface area contributed by atoms with Gasteiger partial charge in [0.2, 0.25) is 0 Å². The van der Waals surface area contributed by atoms with Gasteiger partial charge in [-0.15, -0.1) is 0 Å². The summed E-state index contributed by atoms with van der Waals surface area (Å²) < 4.78 is 22.8. The van der Waals surface area contributed by atoms with Crippen molar-refractivity contribution in [2.75, 3.05) is 6.26 Å². The van der Waals surface area contributed by atoms with Gasteiger partial charge in [-0.05, 0) is 12.1 Å². The molecule has 3 nitrogen and oxygen atoms in total. The van der Waals surface area contributed by atoms with Crippen molar-refractivity contribution in [2.24, 2.45) is 0 Å². The number of hydrogen-bond donors (Lipinski definition) is 0.